The molecule has 4 aromatic rings. The van der Waals surface area contributed by atoms with Gasteiger partial charge in [0, 0.05) is 29.2 Å². The molecule has 2 heterocycles. The summed E-state index contributed by atoms with van der Waals surface area (Å²) in [4.78, 5) is 31.6. The third kappa shape index (κ3) is 4.93. The molecule has 8 heteroatoms. The van der Waals surface area contributed by atoms with Crippen LogP contribution in [0.15, 0.2) is 78.5 Å². The number of aromatic nitrogens is 1. The van der Waals surface area contributed by atoms with Gasteiger partial charge in [-0.2, -0.15) is 0 Å². The molecular formula is C31H30N2O6. The number of carbonyl (C=O) groups is 2. The summed E-state index contributed by atoms with van der Waals surface area (Å²) >= 11 is 0. The summed E-state index contributed by atoms with van der Waals surface area (Å²) in [6, 6.07) is 19.0. The van der Waals surface area contributed by atoms with Crippen molar-refractivity contribution >= 4 is 28.4 Å². The zero-order valence-corrected chi connectivity index (χ0v) is 22.1. The Morgan fingerprint density at radius 2 is 1.67 bits per heavy atom. The van der Waals surface area contributed by atoms with Gasteiger partial charge in [-0.1, -0.05) is 24.3 Å². The highest BCUT2D eigenvalue weighted by Crippen LogP contribution is 2.40. The van der Waals surface area contributed by atoms with E-state index in [-0.39, 0.29) is 17.9 Å². The fourth-order valence-electron chi connectivity index (χ4n) is 5.03. The van der Waals surface area contributed by atoms with Crippen molar-refractivity contribution in [1.82, 2.24) is 9.88 Å². The molecule has 1 aliphatic rings. The topological polar surface area (TPSA) is 101 Å². The number of likely N-dealkylation sites (tertiary alicyclic amines) is 1. The van der Waals surface area contributed by atoms with Crippen LogP contribution < -0.4 is 14.2 Å². The molecule has 1 amide bonds. The molecule has 39 heavy (non-hydrogen) atoms. The Balaban J connectivity index is 1.55. The summed E-state index contributed by atoms with van der Waals surface area (Å²) in [6.07, 6.45) is 2.40. The first kappa shape index (κ1) is 25.9. The van der Waals surface area contributed by atoms with Gasteiger partial charge in [0.05, 0.1) is 32.4 Å². The SMILES string of the molecule is CCOc1ccc([C@H]2C(=C(O)c3cccc(OC)c3)C(=O)C(=O)N2CCc2c[nH]c3ccc(OC)cc23)cc1. The molecule has 1 fully saturated rings. The highest BCUT2D eigenvalue weighted by atomic mass is 16.5. The van der Waals surface area contributed by atoms with Gasteiger partial charge in [0.1, 0.15) is 23.0 Å². The van der Waals surface area contributed by atoms with E-state index in [4.69, 9.17) is 14.2 Å². The number of amides is 1. The second-order valence-corrected chi connectivity index (χ2v) is 9.20. The molecule has 5 rings (SSSR count). The Morgan fingerprint density at radius 1 is 0.949 bits per heavy atom. The predicted octanol–water partition coefficient (Wildman–Crippen LogP) is 5.25. The Morgan fingerprint density at radius 3 is 2.38 bits per heavy atom. The van der Waals surface area contributed by atoms with Crippen LogP contribution in [0.1, 0.15) is 29.7 Å². The first-order valence-electron chi connectivity index (χ1n) is 12.7. The molecular weight excluding hydrogens is 496 g/mol. The van der Waals surface area contributed by atoms with E-state index in [1.807, 2.05) is 43.5 Å². The van der Waals surface area contributed by atoms with Crippen LogP contribution in [-0.2, 0) is 16.0 Å². The van der Waals surface area contributed by atoms with Crippen molar-refractivity contribution in [3.8, 4) is 17.2 Å². The summed E-state index contributed by atoms with van der Waals surface area (Å²) in [5.41, 5.74) is 3.07. The third-order valence-corrected chi connectivity index (χ3v) is 6.99. The Bertz CT molecular complexity index is 1550. The molecule has 1 saturated heterocycles. The van der Waals surface area contributed by atoms with Gasteiger partial charge in [0.2, 0.25) is 0 Å². The maximum Gasteiger partial charge on any atom is 0.295 e. The molecule has 0 bridgehead atoms. The number of ketones is 1. The maximum atomic E-state index is 13.4. The summed E-state index contributed by atoms with van der Waals surface area (Å²) < 4.78 is 16.3. The van der Waals surface area contributed by atoms with Crippen molar-refractivity contribution < 1.29 is 28.9 Å². The number of Topliss-reactive ketones (excluding diaryl/α,β-unsaturated/α-hetero) is 1. The van der Waals surface area contributed by atoms with E-state index in [2.05, 4.69) is 4.98 Å². The zero-order valence-electron chi connectivity index (χ0n) is 22.1. The number of rotatable bonds is 9. The van der Waals surface area contributed by atoms with Crippen LogP contribution in [0, 0.1) is 0 Å². The molecule has 1 aromatic heterocycles. The van der Waals surface area contributed by atoms with Gasteiger partial charge < -0.3 is 29.2 Å². The van der Waals surface area contributed by atoms with Crippen molar-refractivity contribution in [2.45, 2.75) is 19.4 Å². The molecule has 2 N–H and O–H groups in total. The lowest BCUT2D eigenvalue weighted by molar-refractivity contribution is -0.139. The number of aromatic amines is 1. The molecule has 0 spiro atoms. The van der Waals surface area contributed by atoms with Crippen LogP contribution in [0.2, 0.25) is 0 Å². The van der Waals surface area contributed by atoms with Gasteiger partial charge in [-0.25, -0.2) is 0 Å². The largest absolute Gasteiger partial charge is 0.507 e. The summed E-state index contributed by atoms with van der Waals surface area (Å²) in [5, 5.41) is 12.3. The number of nitrogens with zero attached hydrogens (tertiary/aromatic N) is 1. The average Bonchev–Trinajstić information content (AvgIpc) is 3.49. The van der Waals surface area contributed by atoms with E-state index < -0.39 is 17.7 Å². The molecule has 200 valence electrons. The monoisotopic (exact) mass is 526 g/mol. The second-order valence-electron chi connectivity index (χ2n) is 9.20. The third-order valence-electron chi connectivity index (χ3n) is 6.99. The number of benzene rings is 3. The summed E-state index contributed by atoms with van der Waals surface area (Å²) in [5.74, 6) is 0.312. The van der Waals surface area contributed by atoms with Gasteiger partial charge >= 0.3 is 0 Å². The van der Waals surface area contributed by atoms with Gasteiger partial charge in [-0.3, -0.25) is 9.59 Å². The zero-order chi connectivity index (χ0) is 27.5. The highest BCUT2D eigenvalue weighted by molar-refractivity contribution is 6.46. The van der Waals surface area contributed by atoms with Crippen LogP contribution in [0.5, 0.6) is 17.2 Å². The maximum absolute atomic E-state index is 13.4. The minimum Gasteiger partial charge on any atom is -0.507 e. The normalized spacial score (nSPS) is 16.6. The predicted molar refractivity (Wildman–Crippen MR) is 148 cm³/mol. The van der Waals surface area contributed by atoms with E-state index in [1.165, 1.54) is 12.0 Å². The minimum atomic E-state index is -0.772. The number of methoxy groups -OCH3 is 2. The van der Waals surface area contributed by atoms with Crippen molar-refractivity contribution in [2.24, 2.45) is 0 Å². The van der Waals surface area contributed by atoms with Crippen LogP contribution in [-0.4, -0.2) is 54.1 Å². The summed E-state index contributed by atoms with van der Waals surface area (Å²) in [7, 11) is 3.14. The Kier molecular flexibility index (Phi) is 7.27. The van der Waals surface area contributed by atoms with E-state index >= 15 is 0 Å². The first-order valence-corrected chi connectivity index (χ1v) is 12.7. The minimum absolute atomic E-state index is 0.0398. The van der Waals surface area contributed by atoms with Gasteiger partial charge in [0.15, 0.2) is 0 Å². The lowest BCUT2D eigenvalue weighted by Gasteiger charge is -2.25. The van der Waals surface area contributed by atoms with Crippen LogP contribution in [0.4, 0.5) is 0 Å². The lowest BCUT2D eigenvalue weighted by Crippen LogP contribution is -2.31. The number of H-pyrrole nitrogens is 1. The van der Waals surface area contributed by atoms with Crippen LogP contribution >= 0.6 is 0 Å². The molecule has 0 saturated carbocycles. The number of aliphatic hydroxyl groups is 1. The van der Waals surface area contributed by atoms with Gasteiger partial charge in [-0.15, -0.1) is 0 Å². The molecule has 0 radical (unpaired) electrons. The smallest absolute Gasteiger partial charge is 0.295 e. The first-order chi connectivity index (χ1) is 18.9. The number of fused-ring (bicyclic) bond motifs is 1. The van der Waals surface area contributed by atoms with Gasteiger partial charge in [-0.05, 0) is 66.9 Å². The van der Waals surface area contributed by atoms with Crippen molar-refractivity contribution in [1.29, 1.82) is 0 Å². The lowest BCUT2D eigenvalue weighted by atomic mass is 9.95. The molecule has 0 unspecified atom stereocenters. The van der Waals surface area contributed by atoms with Crippen molar-refractivity contribution in [3.05, 3.63) is 95.2 Å². The number of hydrogen-bond donors (Lipinski definition) is 2. The molecule has 8 nitrogen and oxygen atoms in total. The van der Waals surface area contributed by atoms with E-state index in [0.717, 1.165) is 22.2 Å². The van der Waals surface area contributed by atoms with E-state index in [0.29, 0.717) is 35.7 Å². The second kappa shape index (κ2) is 10.9. The number of hydrogen-bond acceptors (Lipinski definition) is 6. The fraction of sp³-hybridized carbons (Fsp3) is 0.226. The summed E-state index contributed by atoms with van der Waals surface area (Å²) in [6.45, 7) is 2.68. The Labute approximate surface area is 226 Å². The number of ether oxygens (including phenoxy) is 3. The van der Waals surface area contributed by atoms with Crippen LogP contribution in [0.3, 0.4) is 0 Å². The quantitative estimate of drug-likeness (QED) is 0.176. The van der Waals surface area contributed by atoms with Crippen molar-refractivity contribution in [3.63, 3.8) is 0 Å². The number of nitrogens with one attached hydrogen (secondary N) is 1. The standard InChI is InChI=1S/C31H30N2O6/c1-4-39-22-10-8-19(9-11-22)28-27(29(34)20-6-5-7-23(16-20)37-2)30(35)31(36)33(28)15-14-21-18-32-26-13-12-24(38-3)17-25(21)26/h5-13,16-18,28,32,34H,4,14-15H2,1-3H3/t28-/m0/s1. The molecule has 3 aromatic carbocycles. The van der Waals surface area contributed by atoms with Crippen molar-refractivity contribution in [2.75, 3.05) is 27.4 Å². The molecule has 1 atom stereocenters. The number of carbonyl (C=O) groups excluding carboxylic acids is 2. The van der Waals surface area contributed by atoms with E-state index in [1.54, 1.807) is 43.5 Å². The Hall–Kier alpha value is -4.72. The molecule has 1 aliphatic heterocycles. The average molecular weight is 527 g/mol. The van der Waals surface area contributed by atoms with Gasteiger partial charge in [0.25, 0.3) is 11.7 Å². The van der Waals surface area contributed by atoms with E-state index in [9.17, 15) is 14.7 Å². The fourth-order valence-corrected chi connectivity index (χ4v) is 5.03. The van der Waals surface area contributed by atoms with Crippen LogP contribution in [0.25, 0.3) is 16.7 Å². The molecule has 0 aliphatic carbocycles. The highest BCUT2D eigenvalue weighted by Gasteiger charge is 2.46. The number of aliphatic hydroxyl groups excluding tert-OH is 1.